The van der Waals surface area contributed by atoms with Crippen molar-refractivity contribution in [3.05, 3.63) is 47.5 Å². The lowest BCUT2D eigenvalue weighted by Gasteiger charge is -2.29. The topological polar surface area (TPSA) is 76.0 Å². The predicted molar refractivity (Wildman–Crippen MR) is 117 cm³/mol. The molecule has 158 valence electrons. The molecule has 7 heteroatoms. The van der Waals surface area contributed by atoms with Crippen LogP contribution in [0.25, 0.3) is 0 Å². The Morgan fingerprint density at radius 2 is 1.80 bits per heavy atom. The molecule has 0 radical (unpaired) electrons. The van der Waals surface area contributed by atoms with Gasteiger partial charge in [-0.15, -0.1) is 0 Å². The van der Waals surface area contributed by atoms with E-state index in [1.807, 2.05) is 35.0 Å². The summed E-state index contributed by atoms with van der Waals surface area (Å²) in [6.45, 7) is 1.45. The molecule has 3 aliphatic rings. The zero-order chi connectivity index (χ0) is 20.7. The van der Waals surface area contributed by atoms with E-state index >= 15 is 0 Å². The molecular formula is C23H27BrN4O2. The molecule has 4 atom stereocenters. The van der Waals surface area contributed by atoms with E-state index in [1.165, 1.54) is 12.8 Å². The molecule has 2 N–H and O–H groups in total. The van der Waals surface area contributed by atoms with Gasteiger partial charge in [0.25, 0.3) is 0 Å². The highest BCUT2D eigenvalue weighted by atomic mass is 79.9. The third kappa shape index (κ3) is 3.47. The largest absolute Gasteiger partial charge is 0.356 e. The monoisotopic (exact) mass is 470 g/mol. The summed E-state index contributed by atoms with van der Waals surface area (Å²) in [6.07, 6.45) is 10.8. The normalized spacial score (nSPS) is 27.9. The zero-order valence-corrected chi connectivity index (χ0v) is 18.5. The molecule has 2 bridgehead atoms. The van der Waals surface area contributed by atoms with E-state index in [1.54, 1.807) is 12.5 Å². The lowest BCUT2D eigenvalue weighted by Crippen LogP contribution is -2.43. The van der Waals surface area contributed by atoms with Gasteiger partial charge in [-0.05, 0) is 73.6 Å². The summed E-state index contributed by atoms with van der Waals surface area (Å²) in [4.78, 5) is 30.5. The maximum absolute atomic E-state index is 13.3. The number of carbonyl (C=O) groups is 2. The van der Waals surface area contributed by atoms with Crippen LogP contribution in [0.5, 0.6) is 0 Å². The number of rotatable bonds is 7. The number of halogens is 1. The number of benzene rings is 1. The lowest BCUT2D eigenvalue weighted by atomic mass is 9.78. The van der Waals surface area contributed by atoms with Crippen LogP contribution in [0.3, 0.4) is 0 Å². The highest BCUT2D eigenvalue weighted by Crippen LogP contribution is 2.74. The molecule has 2 amide bonds. The molecule has 2 aromatic rings. The maximum Gasteiger partial charge on any atom is 0.228 e. The minimum atomic E-state index is -0.219. The fourth-order valence-electron chi connectivity index (χ4n) is 6.13. The van der Waals surface area contributed by atoms with Crippen molar-refractivity contribution in [3.8, 4) is 0 Å². The Bertz CT molecular complexity index is 923. The van der Waals surface area contributed by atoms with E-state index in [0.29, 0.717) is 18.4 Å². The number of nitrogens with one attached hydrogen (secondary N) is 2. The fraction of sp³-hybridized carbons (Fsp3) is 0.522. The Hall–Kier alpha value is -2.15. The highest BCUT2D eigenvalue weighted by Gasteiger charge is 2.71. The van der Waals surface area contributed by atoms with Crippen molar-refractivity contribution in [3.63, 3.8) is 0 Å². The van der Waals surface area contributed by atoms with Crippen LogP contribution in [0.4, 0.5) is 5.69 Å². The second-order valence-corrected chi connectivity index (χ2v) is 9.93. The van der Waals surface area contributed by atoms with Crippen molar-refractivity contribution in [1.82, 2.24) is 14.9 Å². The van der Waals surface area contributed by atoms with Gasteiger partial charge in [-0.2, -0.15) is 0 Å². The van der Waals surface area contributed by atoms with E-state index in [0.717, 1.165) is 36.0 Å². The van der Waals surface area contributed by atoms with Crippen LogP contribution in [0, 0.1) is 29.1 Å². The molecule has 1 aromatic heterocycles. The van der Waals surface area contributed by atoms with Crippen LogP contribution in [0.15, 0.2) is 47.5 Å². The van der Waals surface area contributed by atoms with Gasteiger partial charge in [-0.25, -0.2) is 4.98 Å². The van der Waals surface area contributed by atoms with Crippen LogP contribution in [0.2, 0.25) is 0 Å². The van der Waals surface area contributed by atoms with Crippen molar-refractivity contribution in [1.29, 1.82) is 0 Å². The Kier molecular flexibility index (Phi) is 5.17. The first-order chi connectivity index (χ1) is 14.6. The number of nitrogens with zero attached hydrogens (tertiary/aromatic N) is 2. The van der Waals surface area contributed by atoms with E-state index in [-0.39, 0.29) is 29.1 Å². The summed E-state index contributed by atoms with van der Waals surface area (Å²) in [6, 6.07) is 7.63. The van der Waals surface area contributed by atoms with Crippen LogP contribution < -0.4 is 10.6 Å². The third-order valence-corrected chi connectivity index (χ3v) is 8.04. The molecule has 3 saturated carbocycles. The summed E-state index contributed by atoms with van der Waals surface area (Å²) < 4.78 is 2.99. The van der Waals surface area contributed by atoms with Crippen LogP contribution in [-0.4, -0.2) is 27.9 Å². The number of imidazole rings is 1. The Morgan fingerprint density at radius 1 is 1.10 bits per heavy atom. The van der Waals surface area contributed by atoms with Crippen LogP contribution in [-0.2, 0) is 16.1 Å². The second kappa shape index (κ2) is 7.84. The van der Waals surface area contributed by atoms with Crippen molar-refractivity contribution in [2.45, 2.75) is 38.6 Å². The van der Waals surface area contributed by atoms with Crippen molar-refractivity contribution in [2.75, 3.05) is 11.9 Å². The molecule has 3 fully saturated rings. The Balaban J connectivity index is 1.26. The molecule has 6 nitrogen and oxygen atoms in total. The van der Waals surface area contributed by atoms with E-state index in [2.05, 4.69) is 31.5 Å². The Labute approximate surface area is 185 Å². The average molecular weight is 471 g/mol. The summed E-state index contributed by atoms with van der Waals surface area (Å²) in [5.41, 5.74) is 1.04. The van der Waals surface area contributed by atoms with Gasteiger partial charge in [0.15, 0.2) is 0 Å². The molecule has 0 unspecified atom stereocenters. The Morgan fingerprint density at radius 3 is 2.43 bits per heavy atom. The highest BCUT2D eigenvalue weighted by molar-refractivity contribution is 9.10. The van der Waals surface area contributed by atoms with E-state index in [9.17, 15) is 9.59 Å². The number of hydrogen-bond donors (Lipinski definition) is 2. The minimum absolute atomic E-state index is 0.00867. The maximum atomic E-state index is 13.3. The molecule has 1 spiro atoms. The fourth-order valence-corrected chi connectivity index (χ4v) is 6.39. The van der Waals surface area contributed by atoms with E-state index in [4.69, 9.17) is 0 Å². The molecule has 3 aliphatic carbocycles. The van der Waals surface area contributed by atoms with E-state index < -0.39 is 0 Å². The molecule has 0 saturated heterocycles. The number of anilines is 1. The van der Waals surface area contributed by atoms with Gasteiger partial charge in [-0.1, -0.05) is 15.9 Å². The van der Waals surface area contributed by atoms with Crippen molar-refractivity contribution >= 4 is 33.4 Å². The SMILES string of the molecule is O=C(NCCCn1ccnc1)[C@H]1[C@H](C(=O)Nc2ccc(Br)cc2)[C@@H]2CC[C@H]1C21CC1. The third-order valence-electron chi connectivity index (χ3n) is 7.52. The molecule has 1 aromatic carbocycles. The summed E-state index contributed by atoms with van der Waals surface area (Å²) >= 11 is 3.43. The van der Waals surface area contributed by atoms with Crippen LogP contribution in [0.1, 0.15) is 32.1 Å². The standard InChI is InChI=1S/C23H27BrN4O2/c24-15-2-4-16(5-3-15)27-22(30)20-18-7-6-17(23(18)8-9-23)19(20)21(29)26-10-1-12-28-13-11-25-14-28/h2-5,11,13-14,17-20H,1,6-10,12H2,(H,26,29)(H,27,30)/t17-,18+,19-,20-/m1/s1. The van der Waals surface area contributed by atoms with Gasteiger partial charge in [0.05, 0.1) is 18.2 Å². The van der Waals surface area contributed by atoms with Gasteiger partial charge in [0, 0.05) is 35.6 Å². The molecule has 0 aliphatic heterocycles. The minimum Gasteiger partial charge on any atom is -0.356 e. The van der Waals surface area contributed by atoms with Gasteiger partial charge in [0.1, 0.15) is 0 Å². The number of amides is 2. The smallest absolute Gasteiger partial charge is 0.228 e. The van der Waals surface area contributed by atoms with Crippen molar-refractivity contribution < 1.29 is 9.59 Å². The number of aryl methyl sites for hydroxylation is 1. The van der Waals surface area contributed by atoms with Gasteiger partial charge >= 0.3 is 0 Å². The predicted octanol–water partition coefficient (Wildman–Crippen LogP) is 3.84. The molecule has 1 heterocycles. The number of hydrogen-bond acceptors (Lipinski definition) is 3. The molecule has 5 rings (SSSR count). The first-order valence-electron chi connectivity index (χ1n) is 10.9. The number of carbonyl (C=O) groups excluding carboxylic acids is 2. The lowest BCUT2D eigenvalue weighted by molar-refractivity contribution is -0.134. The average Bonchev–Trinajstić information content (AvgIpc) is 3.10. The van der Waals surface area contributed by atoms with Crippen LogP contribution >= 0.6 is 15.9 Å². The quantitative estimate of drug-likeness (QED) is 0.603. The van der Waals surface area contributed by atoms with Crippen molar-refractivity contribution in [2.24, 2.45) is 29.1 Å². The summed E-state index contributed by atoms with van der Waals surface area (Å²) in [5.74, 6) is 0.361. The first kappa shape index (κ1) is 19.8. The summed E-state index contributed by atoms with van der Waals surface area (Å²) in [5, 5.41) is 6.22. The van der Waals surface area contributed by atoms with Gasteiger partial charge < -0.3 is 15.2 Å². The zero-order valence-electron chi connectivity index (χ0n) is 16.9. The molecular weight excluding hydrogens is 444 g/mol. The van der Waals surface area contributed by atoms with Gasteiger partial charge in [-0.3, -0.25) is 9.59 Å². The molecule has 30 heavy (non-hydrogen) atoms. The summed E-state index contributed by atoms with van der Waals surface area (Å²) in [7, 11) is 0. The number of aromatic nitrogens is 2. The second-order valence-electron chi connectivity index (χ2n) is 9.02. The van der Waals surface area contributed by atoms with Gasteiger partial charge in [0.2, 0.25) is 11.8 Å². The first-order valence-corrected chi connectivity index (χ1v) is 11.7.